The number of halogens is 1. The van der Waals surface area contributed by atoms with Gasteiger partial charge in [0.15, 0.2) is 11.6 Å². The van der Waals surface area contributed by atoms with E-state index in [1.807, 2.05) is 0 Å². The monoisotopic (exact) mass is 409 g/mol. The van der Waals surface area contributed by atoms with Crippen LogP contribution in [0.4, 0.5) is 4.39 Å². The predicted molar refractivity (Wildman–Crippen MR) is 107 cm³/mol. The average molecular weight is 410 g/mol. The van der Waals surface area contributed by atoms with Crippen LogP contribution < -0.4 is 9.46 Å². The lowest BCUT2D eigenvalue weighted by atomic mass is 9.86. The number of ether oxygens (including phenoxy) is 1. The zero-order valence-electron chi connectivity index (χ0n) is 16.8. The van der Waals surface area contributed by atoms with Crippen molar-refractivity contribution in [2.75, 3.05) is 7.11 Å². The first-order chi connectivity index (χ1) is 13.1. The fourth-order valence-corrected chi connectivity index (χ4v) is 4.43. The Morgan fingerprint density at radius 1 is 1.21 bits per heavy atom. The van der Waals surface area contributed by atoms with Gasteiger partial charge in [0, 0.05) is 17.5 Å². The molecule has 0 amide bonds. The van der Waals surface area contributed by atoms with Crippen LogP contribution in [0.5, 0.6) is 5.75 Å². The Morgan fingerprint density at radius 3 is 2.46 bits per heavy atom. The topological polar surface area (TPSA) is 84.1 Å². The largest absolute Gasteiger partial charge is 0.494 e. The van der Waals surface area contributed by atoms with E-state index in [1.54, 1.807) is 39.1 Å². The van der Waals surface area contributed by atoms with Gasteiger partial charge < -0.3 is 9.72 Å². The Balaban J connectivity index is 1.64. The molecule has 1 saturated carbocycles. The number of imidazole rings is 1. The van der Waals surface area contributed by atoms with Crippen LogP contribution in [0.15, 0.2) is 24.4 Å². The number of hydrogen-bond acceptors (Lipinski definition) is 4. The SMILES string of the molecule is COc1ccc(-c2cnc(C3CCC(NS(=O)(=O)C(C)(C)C)CC3)[nH]2)cc1F. The van der Waals surface area contributed by atoms with Crippen molar-refractivity contribution < 1.29 is 17.5 Å². The second kappa shape index (κ2) is 7.83. The molecule has 6 nitrogen and oxygen atoms in total. The molecule has 0 aliphatic heterocycles. The Labute approximate surface area is 166 Å². The van der Waals surface area contributed by atoms with E-state index in [9.17, 15) is 12.8 Å². The summed E-state index contributed by atoms with van der Waals surface area (Å²) in [7, 11) is -1.91. The number of nitrogens with one attached hydrogen (secondary N) is 2. The maximum Gasteiger partial charge on any atom is 0.216 e. The number of aromatic nitrogens is 2. The summed E-state index contributed by atoms with van der Waals surface area (Å²) in [6, 6.07) is 4.77. The van der Waals surface area contributed by atoms with Gasteiger partial charge in [-0.2, -0.15) is 0 Å². The van der Waals surface area contributed by atoms with Crippen LogP contribution in [0, 0.1) is 5.82 Å². The molecular formula is C20H28FN3O3S. The standard InChI is InChI=1S/C20H28FN3O3S/c1-20(2,3)28(25,26)24-15-8-5-13(6-9-15)19-22-12-17(23-19)14-7-10-18(27-4)16(21)11-14/h7,10-13,15,24H,5-6,8-9H2,1-4H3,(H,22,23). The molecule has 0 bridgehead atoms. The van der Waals surface area contributed by atoms with Gasteiger partial charge in [-0.3, -0.25) is 0 Å². The third kappa shape index (κ3) is 4.38. The van der Waals surface area contributed by atoms with Gasteiger partial charge in [0.1, 0.15) is 5.82 Å². The van der Waals surface area contributed by atoms with Crippen molar-refractivity contribution >= 4 is 10.0 Å². The van der Waals surface area contributed by atoms with Gasteiger partial charge in [-0.15, -0.1) is 0 Å². The van der Waals surface area contributed by atoms with E-state index in [4.69, 9.17) is 4.74 Å². The molecule has 2 N–H and O–H groups in total. The van der Waals surface area contributed by atoms with Crippen molar-refractivity contribution in [2.24, 2.45) is 0 Å². The summed E-state index contributed by atoms with van der Waals surface area (Å²) in [5, 5.41) is 0. The summed E-state index contributed by atoms with van der Waals surface area (Å²) in [5.74, 6) is 0.901. The molecular weight excluding hydrogens is 381 g/mol. The van der Waals surface area contributed by atoms with Crippen LogP contribution in [0.1, 0.15) is 58.2 Å². The smallest absolute Gasteiger partial charge is 0.216 e. The molecule has 1 aromatic carbocycles. The number of aromatic amines is 1. The van der Waals surface area contributed by atoms with E-state index in [1.165, 1.54) is 13.2 Å². The van der Waals surface area contributed by atoms with Crippen LogP contribution >= 0.6 is 0 Å². The molecule has 8 heteroatoms. The molecule has 0 spiro atoms. The quantitative estimate of drug-likeness (QED) is 0.783. The first-order valence-electron chi connectivity index (χ1n) is 9.51. The first kappa shape index (κ1) is 20.8. The first-order valence-corrected chi connectivity index (χ1v) is 11.0. The summed E-state index contributed by atoms with van der Waals surface area (Å²) in [6.45, 7) is 5.11. The van der Waals surface area contributed by atoms with E-state index in [2.05, 4.69) is 14.7 Å². The van der Waals surface area contributed by atoms with Gasteiger partial charge in [0.25, 0.3) is 0 Å². The number of rotatable bonds is 5. The lowest BCUT2D eigenvalue weighted by molar-refractivity contribution is 0.364. The van der Waals surface area contributed by atoms with Crippen LogP contribution in [-0.2, 0) is 10.0 Å². The lowest BCUT2D eigenvalue weighted by Crippen LogP contribution is -2.45. The predicted octanol–water partition coefficient (Wildman–Crippen LogP) is 3.97. The Morgan fingerprint density at radius 2 is 1.89 bits per heavy atom. The van der Waals surface area contributed by atoms with E-state index in [0.29, 0.717) is 5.56 Å². The van der Waals surface area contributed by atoms with Crippen molar-refractivity contribution in [3.63, 3.8) is 0 Å². The molecule has 0 atom stereocenters. The second-order valence-electron chi connectivity index (χ2n) is 8.31. The van der Waals surface area contributed by atoms with Crippen LogP contribution in [0.2, 0.25) is 0 Å². The molecule has 1 aliphatic rings. The summed E-state index contributed by atoms with van der Waals surface area (Å²) in [4.78, 5) is 7.77. The zero-order valence-corrected chi connectivity index (χ0v) is 17.6. The van der Waals surface area contributed by atoms with Gasteiger partial charge in [0.2, 0.25) is 10.0 Å². The molecule has 1 aromatic heterocycles. The van der Waals surface area contributed by atoms with Gasteiger partial charge >= 0.3 is 0 Å². The number of H-pyrrole nitrogens is 1. The molecule has 28 heavy (non-hydrogen) atoms. The van der Waals surface area contributed by atoms with E-state index in [0.717, 1.165) is 37.2 Å². The number of sulfonamides is 1. The summed E-state index contributed by atoms with van der Waals surface area (Å²) < 4.78 is 45.6. The molecule has 0 radical (unpaired) electrons. The van der Waals surface area contributed by atoms with Crippen LogP contribution in [0.25, 0.3) is 11.3 Å². The minimum Gasteiger partial charge on any atom is -0.494 e. The molecule has 1 aliphatic carbocycles. The summed E-state index contributed by atoms with van der Waals surface area (Å²) in [5.41, 5.74) is 1.47. The van der Waals surface area contributed by atoms with Gasteiger partial charge in [0.05, 0.1) is 23.7 Å². The normalized spacial score (nSPS) is 20.9. The molecule has 0 unspecified atom stereocenters. The van der Waals surface area contributed by atoms with Crippen molar-refractivity contribution in [3.8, 4) is 17.0 Å². The van der Waals surface area contributed by atoms with Gasteiger partial charge in [-0.1, -0.05) is 0 Å². The van der Waals surface area contributed by atoms with Gasteiger partial charge in [-0.05, 0) is 64.7 Å². The molecule has 1 heterocycles. The lowest BCUT2D eigenvalue weighted by Gasteiger charge is -2.30. The Hall–Kier alpha value is -1.93. The highest BCUT2D eigenvalue weighted by Crippen LogP contribution is 2.33. The highest BCUT2D eigenvalue weighted by Gasteiger charge is 2.33. The van der Waals surface area contributed by atoms with E-state index >= 15 is 0 Å². The second-order valence-corrected chi connectivity index (χ2v) is 10.8. The number of hydrogen-bond donors (Lipinski definition) is 2. The minimum atomic E-state index is -3.34. The van der Waals surface area contributed by atoms with Crippen molar-refractivity contribution in [2.45, 2.75) is 63.2 Å². The summed E-state index contributed by atoms with van der Waals surface area (Å²) in [6.07, 6.45) is 4.95. The number of benzene rings is 1. The molecule has 154 valence electrons. The Kier molecular flexibility index (Phi) is 5.82. The average Bonchev–Trinajstić information content (AvgIpc) is 3.11. The third-order valence-corrected chi connectivity index (χ3v) is 7.56. The number of nitrogens with zero attached hydrogens (tertiary/aromatic N) is 1. The molecule has 3 rings (SSSR count). The zero-order chi connectivity index (χ0) is 20.5. The fourth-order valence-electron chi connectivity index (χ4n) is 3.41. The highest BCUT2D eigenvalue weighted by molar-refractivity contribution is 7.90. The van der Waals surface area contributed by atoms with Crippen molar-refractivity contribution in [3.05, 3.63) is 36.0 Å². The molecule has 1 fully saturated rings. The van der Waals surface area contributed by atoms with Gasteiger partial charge in [-0.25, -0.2) is 22.5 Å². The third-order valence-electron chi connectivity index (χ3n) is 5.30. The van der Waals surface area contributed by atoms with Crippen molar-refractivity contribution in [1.82, 2.24) is 14.7 Å². The number of methoxy groups -OCH3 is 1. The minimum absolute atomic E-state index is 0.0365. The van der Waals surface area contributed by atoms with Crippen LogP contribution in [-0.4, -0.2) is 36.3 Å². The van der Waals surface area contributed by atoms with E-state index < -0.39 is 20.6 Å². The van der Waals surface area contributed by atoms with Crippen LogP contribution in [0.3, 0.4) is 0 Å². The Bertz CT molecular complexity index is 926. The maximum atomic E-state index is 13.9. The molecule has 2 aromatic rings. The van der Waals surface area contributed by atoms with Crippen molar-refractivity contribution in [1.29, 1.82) is 0 Å². The highest BCUT2D eigenvalue weighted by atomic mass is 32.2. The molecule has 0 saturated heterocycles. The fraction of sp³-hybridized carbons (Fsp3) is 0.550. The summed E-state index contributed by atoms with van der Waals surface area (Å²) >= 11 is 0. The maximum absolute atomic E-state index is 13.9. The van der Waals surface area contributed by atoms with E-state index in [-0.39, 0.29) is 17.7 Å².